The maximum Gasteiger partial charge on any atom is 0.352 e. The number of pyridine rings is 1. The van der Waals surface area contributed by atoms with E-state index in [0.29, 0.717) is 36.1 Å². The van der Waals surface area contributed by atoms with Crippen molar-refractivity contribution < 1.29 is 29.1 Å². The van der Waals surface area contributed by atoms with E-state index in [4.69, 9.17) is 10.6 Å². The van der Waals surface area contributed by atoms with E-state index in [1.54, 1.807) is 29.9 Å². The van der Waals surface area contributed by atoms with Crippen LogP contribution in [-0.4, -0.2) is 79.7 Å². The van der Waals surface area contributed by atoms with Crippen LogP contribution in [0.25, 0.3) is 0 Å². The monoisotopic (exact) mass is 623 g/mol. The topological polar surface area (TPSA) is 180 Å². The number of amides is 3. The molecule has 224 valence electrons. The summed E-state index contributed by atoms with van der Waals surface area (Å²) in [6.07, 6.45) is 8.77. The van der Waals surface area contributed by atoms with Crippen molar-refractivity contribution in [1.82, 2.24) is 20.2 Å². The number of nitrogens with one attached hydrogen (secondary N) is 1. The fourth-order valence-electron chi connectivity index (χ4n) is 5.84. The molecule has 43 heavy (non-hydrogen) atoms. The molecule has 1 aliphatic carbocycles. The highest BCUT2D eigenvalue weighted by atomic mass is 32.2. The molecule has 2 atom stereocenters. The second-order valence-corrected chi connectivity index (χ2v) is 12.5. The van der Waals surface area contributed by atoms with Gasteiger partial charge in [0.1, 0.15) is 35.2 Å². The van der Waals surface area contributed by atoms with E-state index in [0.717, 1.165) is 48.8 Å². The number of thiazole rings is 1. The number of fused-ring (bicyclic) bond motifs is 1. The van der Waals surface area contributed by atoms with Crippen molar-refractivity contribution in [1.29, 1.82) is 0 Å². The number of nitrogens with zero attached hydrogens (tertiary/aromatic N) is 5. The largest absolute Gasteiger partial charge is 0.477 e. The molecule has 0 radical (unpaired) electrons. The summed E-state index contributed by atoms with van der Waals surface area (Å²) in [5, 5.41) is 18.2. The number of hydrogen-bond donors (Lipinski definition) is 3. The molecule has 4 aliphatic rings. The molecule has 15 heteroatoms. The Morgan fingerprint density at radius 1 is 1.26 bits per heavy atom. The molecule has 2 aromatic heterocycles. The minimum absolute atomic E-state index is 0.0544. The molecule has 3 aliphatic heterocycles. The zero-order chi connectivity index (χ0) is 30.1. The highest BCUT2D eigenvalue weighted by molar-refractivity contribution is 8.00. The number of rotatable bonds is 9. The van der Waals surface area contributed by atoms with Crippen LogP contribution in [0.1, 0.15) is 37.7 Å². The zero-order valence-corrected chi connectivity index (χ0v) is 24.6. The predicted octanol–water partition coefficient (Wildman–Crippen LogP) is 2.08. The van der Waals surface area contributed by atoms with Crippen molar-refractivity contribution >= 4 is 64.0 Å². The number of carboxylic acid groups (broad SMARTS) is 1. The van der Waals surface area contributed by atoms with Gasteiger partial charge in [-0.2, -0.15) is 0 Å². The van der Waals surface area contributed by atoms with Crippen LogP contribution in [0, 0.1) is 0 Å². The molecular formula is C28H29N7O6S2. The van der Waals surface area contributed by atoms with E-state index in [1.807, 2.05) is 0 Å². The third kappa shape index (κ3) is 5.61. The van der Waals surface area contributed by atoms with Gasteiger partial charge in [0.2, 0.25) is 5.91 Å². The lowest BCUT2D eigenvalue weighted by molar-refractivity contribution is -0.148. The van der Waals surface area contributed by atoms with Gasteiger partial charge in [-0.1, -0.05) is 5.16 Å². The van der Waals surface area contributed by atoms with Crippen LogP contribution in [0.5, 0.6) is 0 Å². The fraction of sp³-hybridized carbons (Fsp3) is 0.393. The van der Waals surface area contributed by atoms with Crippen LogP contribution < -0.4 is 16.0 Å². The number of carboxylic acids is 1. The SMILES string of the molecule is Nc1nc(N(C(=O)C=NOC2CCCC2)[C@@H]2C(=O)N3C(C(=O)O)=C(C(Cc4ccncc4)=C4CCNC4=O)CS[C@H]23)cs1. The molecular weight excluding hydrogens is 594 g/mol. The summed E-state index contributed by atoms with van der Waals surface area (Å²) in [6, 6.07) is 2.57. The van der Waals surface area contributed by atoms with Crippen molar-refractivity contribution in [2.75, 3.05) is 22.9 Å². The maximum absolute atomic E-state index is 13.8. The van der Waals surface area contributed by atoms with Crippen molar-refractivity contribution in [3.8, 4) is 0 Å². The smallest absolute Gasteiger partial charge is 0.352 e. The third-order valence-corrected chi connectivity index (χ3v) is 9.81. The first-order chi connectivity index (χ1) is 20.8. The molecule has 3 fully saturated rings. The molecule has 5 heterocycles. The first-order valence-corrected chi connectivity index (χ1v) is 15.8. The Balaban J connectivity index is 1.34. The van der Waals surface area contributed by atoms with Crippen molar-refractivity contribution in [3.05, 3.63) is 57.9 Å². The van der Waals surface area contributed by atoms with Crippen LogP contribution in [0.15, 0.2) is 57.5 Å². The Morgan fingerprint density at radius 3 is 2.67 bits per heavy atom. The van der Waals surface area contributed by atoms with Crippen molar-refractivity contribution in [2.45, 2.75) is 56.0 Å². The number of allylic oxidation sites excluding steroid dienone is 1. The number of thioether (sulfide) groups is 1. The average molecular weight is 624 g/mol. The molecule has 13 nitrogen and oxygen atoms in total. The van der Waals surface area contributed by atoms with Gasteiger partial charge in [0.05, 0.1) is 0 Å². The zero-order valence-electron chi connectivity index (χ0n) is 23.0. The first-order valence-electron chi connectivity index (χ1n) is 13.9. The average Bonchev–Trinajstić information content (AvgIpc) is 3.77. The van der Waals surface area contributed by atoms with Gasteiger partial charge in [-0.3, -0.25) is 29.2 Å². The van der Waals surface area contributed by atoms with E-state index in [2.05, 4.69) is 20.4 Å². The van der Waals surface area contributed by atoms with Crippen LogP contribution >= 0.6 is 23.1 Å². The van der Waals surface area contributed by atoms with E-state index < -0.39 is 29.2 Å². The Hall–Kier alpha value is -4.24. The summed E-state index contributed by atoms with van der Waals surface area (Å²) in [4.78, 5) is 69.0. The summed E-state index contributed by atoms with van der Waals surface area (Å²) in [7, 11) is 0. The second kappa shape index (κ2) is 12.2. The van der Waals surface area contributed by atoms with Crippen LogP contribution in [0.4, 0.5) is 10.9 Å². The number of hydrogen-bond acceptors (Lipinski definition) is 11. The molecule has 0 spiro atoms. The molecule has 1 saturated carbocycles. The van der Waals surface area contributed by atoms with Gasteiger partial charge >= 0.3 is 5.97 Å². The number of nitrogens with two attached hydrogens (primary N) is 1. The summed E-state index contributed by atoms with van der Waals surface area (Å²) in [5.74, 6) is -2.37. The van der Waals surface area contributed by atoms with E-state index in [-0.39, 0.29) is 34.4 Å². The number of aromatic nitrogens is 2. The van der Waals surface area contributed by atoms with Crippen LogP contribution in [0.2, 0.25) is 0 Å². The lowest BCUT2D eigenvalue weighted by Gasteiger charge is -2.52. The summed E-state index contributed by atoms with van der Waals surface area (Å²) in [5.41, 5.74) is 8.01. The Bertz CT molecular complexity index is 1550. The summed E-state index contributed by atoms with van der Waals surface area (Å²) in [6.45, 7) is 0.448. The van der Waals surface area contributed by atoms with Crippen molar-refractivity contribution in [2.24, 2.45) is 5.16 Å². The number of anilines is 2. The van der Waals surface area contributed by atoms with Gasteiger partial charge in [0, 0.05) is 35.6 Å². The number of nitrogen functional groups attached to an aromatic ring is 1. The van der Waals surface area contributed by atoms with Gasteiger partial charge in [-0.15, -0.1) is 23.1 Å². The fourth-order valence-corrected chi connectivity index (χ4v) is 7.81. The first kappa shape index (κ1) is 28.9. The van der Waals surface area contributed by atoms with Gasteiger partial charge in [0.15, 0.2) is 5.13 Å². The highest BCUT2D eigenvalue weighted by Gasteiger charge is 2.58. The molecule has 0 unspecified atom stereocenters. The molecule has 3 amide bonds. The van der Waals surface area contributed by atoms with Crippen molar-refractivity contribution in [3.63, 3.8) is 0 Å². The van der Waals surface area contributed by atoms with Gasteiger partial charge in [-0.05, 0) is 67.4 Å². The summed E-state index contributed by atoms with van der Waals surface area (Å²) >= 11 is 2.44. The Kier molecular flexibility index (Phi) is 8.17. The molecule has 0 aromatic carbocycles. The normalized spacial score (nSPS) is 23.3. The van der Waals surface area contributed by atoms with Gasteiger partial charge < -0.3 is 21.0 Å². The predicted molar refractivity (Wildman–Crippen MR) is 160 cm³/mol. The second-order valence-electron chi connectivity index (χ2n) is 10.5. The van der Waals surface area contributed by atoms with E-state index in [1.165, 1.54) is 21.6 Å². The number of β-lactam (4-membered cyclic amide) rings is 1. The Morgan fingerprint density at radius 2 is 2.02 bits per heavy atom. The highest BCUT2D eigenvalue weighted by Crippen LogP contribution is 2.46. The molecule has 4 N–H and O–H groups in total. The minimum atomic E-state index is -1.29. The number of carbonyl (C=O) groups excluding carboxylic acids is 3. The summed E-state index contributed by atoms with van der Waals surface area (Å²) < 4.78 is 0. The minimum Gasteiger partial charge on any atom is -0.477 e. The quantitative estimate of drug-likeness (QED) is 0.162. The number of oxime groups is 1. The molecule has 0 bridgehead atoms. The standard InChI is InChI=1S/C28H29N7O6S2/c29-28-33-20(14-43-28)34(21(36)12-32-41-16-3-1-2-4-16)23-25(38)35-22(27(39)40)19(13-42-26(23)35)18(17-7-10-31-24(17)37)11-15-5-8-30-9-6-15/h5-6,8-9,12,14,16,23,26H,1-4,7,10-11,13H2,(H2,29,33)(H,31,37)(H,39,40)/t23-,26-/m1/s1. The third-order valence-electron chi connectivity index (χ3n) is 7.88. The maximum atomic E-state index is 13.8. The number of aliphatic carboxylic acids is 1. The van der Waals surface area contributed by atoms with E-state index in [9.17, 15) is 24.3 Å². The number of carbonyl (C=O) groups is 4. The lowest BCUT2D eigenvalue weighted by atomic mass is 9.90. The van der Waals surface area contributed by atoms with Gasteiger partial charge in [0.25, 0.3) is 11.8 Å². The molecule has 2 saturated heterocycles. The van der Waals surface area contributed by atoms with Crippen LogP contribution in [0.3, 0.4) is 0 Å². The molecule has 6 rings (SSSR count). The van der Waals surface area contributed by atoms with Gasteiger partial charge in [-0.25, -0.2) is 9.78 Å². The molecule has 2 aromatic rings. The van der Waals surface area contributed by atoms with Crippen LogP contribution in [-0.2, 0) is 30.4 Å². The lowest BCUT2D eigenvalue weighted by Crippen LogP contribution is -2.72. The Labute approximate surface area is 254 Å². The van der Waals surface area contributed by atoms with E-state index >= 15 is 0 Å².